The SMILES string of the molecule is C=CC1C[C@]1(NC(=O)[C@@H]1C[C@@H](OC(=O)N2CCc3ccccc3C2CN2CCCCC2)CN1C(=O)[C@H](CCCCCC)NC(=O)OC1CCCC1)C(=O)NS(=O)(=O)C1CC1. The number of rotatable bonds is 17. The van der Waals surface area contributed by atoms with Gasteiger partial charge in [0.25, 0.3) is 5.91 Å². The number of unbranched alkanes of at least 4 members (excludes halogenated alkanes) is 3. The number of amides is 5. The maximum absolute atomic E-state index is 14.7. The number of sulfonamides is 1. The van der Waals surface area contributed by atoms with Gasteiger partial charge in [-0.25, -0.2) is 18.0 Å². The summed E-state index contributed by atoms with van der Waals surface area (Å²) in [6.45, 7) is 8.80. The number of ether oxygens (including phenoxy) is 2. The van der Waals surface area contributed by atoms with E-state index in [1.165, 1.54) is 23.0 Å². The van der Waals surface area contributed by atoms with Gasteiger partial charge in [-0.3, -0.25) is 24.0 Å². The molecule has 0 spiro atoms. The lowest BCUT2D eigenvalue weighted by atomic mass is 9.92. The second-order valence-electron chi connectivity index (χ2n) is 17.8. The summed E-state index contributed by atoms with van der Waals surface area (Å²) in [6, 6.07) is 5.73. The molecule has 0 radical (unpaired) electrons. The summed E-state index contributed by atoms with van der Waals surface area (Å²) in [5, 5.41) is 4.97. The molecule has 1 aromatic rings. The van der Waals surface area contributed by atoms with Crippen LogP contribution in [0.3, 0.4) is 0 Å². The highest BCUT2D eigenvalue weighted by molar-refractivity contribution is 7.91. The Morgan fingerprint density at radius 1 is 0.917 bits per heavy atom. The lowest BCUT2D eigenvalue weighted by Gasteiger charge is -2.40. The fourth-order valence-electron chi connectivity index (χ4n) is 9.62. The number of hydrogen-bond donors (Lipinski definition) is 3. The van der Waals surface area contributed by atoms with E-state index in [0.29, 0.717) is 45.2 Å². The smallest absolute Gasteiger partial charge is 0.410 e. The Labute approximate surface area is 354 Å². The Bertz CT molecular complexity index is 1860. The molecule has 15 nitrogen and oxygen atoms in total. The van der Waals surface area contributed by atoms with Crippen LogP contribution < -0.4 is 15.4 Å². The van der Waals surface area contributed by atoms with Gasteiger partial charge in [0.05, 0.1) is 17.8 Å². The summed E-state index contributed by atoms with van der Waals surface area (Å²) in [7, 11) is -3.92. The molecule has 1 aromatic carbocycles. The molecule has 2 saturated heterocycles. The molecule has 3 N–H and O–H groups in total. The number of hydrogen-bond acceptors (Lipinski definition) is 10. The van der Waals surface area contributed by atoms with E-state index in [-0.39, 0.29) is 31.5 Å². The third kappa shape index (κ3) is 10.3. The number of piperidine rings is 1. The second-order valence-corrected chi connectivity index (χ2v) is 19.8. The average molecular weight is 853 g/mol. The molecule has 330 valence electrons. The highest BCUT2D eigenvalue weighted by atomic mass is 32.2. The van der Waals surface area contributed by atoms with Gasteiger partial charge in [-0.15, -0.1) is 6.58 Å². The van der Waals surface area contributed by atoms with Crippen LogP contribution in [0.2, 0.25) is 0 Å². The maximum Gasteiger partial charge on any atom is 0.410 e. The minimum absolute atomic E-state index is 0.0591. The van der Waals surface area contributed by atoms with Crippen LogP contribution in [0.15, 0.2) is 36.9 Å². The van der Waals surface area contributed by atoms with Crippen molar-refractivity contribution in [1.29, 1.82) is 0 Å². The van der Waals surface area contributed by atoms with Crippen molar-refractivity contribution in [3.63, 3.8) is 0 Å². The number of likely N-dealkylation sites (tertiary alicyclic amines) is 2. The lowest BCUT2D eigenvalue weighted by Crippen LogP contribution is -2.58. The standard InChI is InChI=1S/C44H64N6O9S/c1-3-5-6-8-19-36(45-42(54)58-32-16-10-11-17-32)40(52)50-28-33(26-37(50)39(51)46-44(27-31(44)4-2)41(53)47-60(56,57)34-20-21-34)59-43(55)49-25-22-30-15-9-12-18-35(30)38(49)29-48-23-13-7-14-24-48/h4,9,12,15,18,31-34,36-38H,2-3,5-8,10-11,13-14,16-17,19-29H2,1H3,(H,45,54)(H,46,51)(H,47,53)/t31?,33-,36+,37+,38?,44-/m1/s1. The van der Waals surface area contributed by atoms with Crippen molar-refractivity contribution in [2.24, 2.45) is 5.92 Å². The first kappa shape index (κ1) is 43.9. The first-order valence-electron chi connectivity index (χ1n) is 22.5. The van der Waals surface area contributed by atoms with Gasteiger partial charge in [-0.05, 0) is 94.8 Å². The minimum Gasteiger partial charge on any atom is -0.446 e. The highest BCUT2D eigenvalue weighted by Gasteiger charge is 2.62. The predicted octanol–water partition coefficient (Wildman–Crippen LogP) is 4.85. The van der Waals surface area contributed by atoms with Gasteiger partial charge in [-0.2, -0.15) is 0 Å². The van der Waals surface area contributed by atoms with Crippen molar-refractivity contribution in [2.75, 3.05) is 32.7 Å². The van der Waals surface area contributed by atoms with E-state index < -0.39 is 74.8 Å². The maximum atomic E-state index is 14.7. The molecule has 16 heteroatoms. The van der Waals surface area contributed by atoms with Crippen LogP contribution in [0, 0.1) is 5.92 Å². The molecule has 3 heterocycles. The Hall–Kier alpha value is -4.18. The molecule has 60 heavy (non-hydrogen) atoms. The molecule has 5 amide bonds. The molecule has 0 aromatic heterocycles. The van der Waals surface area contributed by atoms with Gasteiger partial charge < -0.3 is 29.9 Å². The molecule has 5 fully saturated rings. The normalized spacial score (nSPS) is 27.4. The van der Waals surface area contributed by atoms with Gasteiger partial charge in [0.2, 0.25) is 21.8 Å². The summed E-state index contributed by atoms with van der Waals surface area (Å²) < 4.78 is 39.7. The van der Waals surface area contributed by atoms with E-state index in [1.54, 1.807) is 4.90 Å². The van der Waals surface area contributed by atoms with Gasteiger partial charge in [0, 0.05) is 25.4 Å². The largest absolute Gasteiger partial charge is 0.446 e. The topological polar surface area (TPSA) is 184 Å². The van der Waals surface area contributed by atoms with E-state index in [1.807, 2.05) is 12.1 Å². The number of fused-ring (bicyclic) bond motifs is 1. The molecule has 0 bridgehead atoms. The molecule has 3 aliphatic heterocycles. The lowest BCUT2D eigenvalue weighted by molar-refractivity contribution is -0.141. The summed E-state index contributed by atoms with van der Waals surface area (Å²) in [5.41, 5.74) is 0.708. The molecular formula is C44H64N6O9S. The van der Waals surface area contributed by atoms with E-state index in [0.717, 1.165) is 76.4 Å². The second kappa shape index (κ2) is 19.3. The number of nitrogens with one attached hydrogen (secondary N) is 3. The van der Waals surface area contributed by atoms with Crippen LogP contribution in [-0.2, 0) is 40.3 Å². The number of carbonyl (C=O) groups is 5. The molecule has 3 aliphatic carbocycles. The Kier molecular flexibility index (Phi) is 14.1. The monoisotopic (exact) mass is 852 g/mol. The Morgan fingerprint density at radius 2 is 1.67 bits per heavy atom. The predicted molar refractivity (Wildman–Crippen MR) is 224 cm³/mol. The van der Waals surface area contributed by atoms with Crippen LogP contribution >= 0.6 is 0 Å². The van der Waals surface area contributed by atoms with Crippen LogP contribution in [0.5, 0.6) is 0 Å². The van der Waals surface area contributed by atoms with Gasteiger partial charge >= 0.3 is 12.2 Å². The Morgan fingerprint density at radius 3 is 2.37 bits per heavy atom. The van der Waals surface area contributed by atoms with Crippen LogP contribution in [0.1, 0.15) is 127 Å². The van der Waals surface area contributed by atoms with Crippen molar-refractivity contribution >= 4 is 39.9 Å². The quantitative estimate of drug-likeness (QED) is 0.145. The minimum atomic E-state index is -3.92. The van der Waals surface area contributed by atoms with Crippen molar-refractivity contribution in [2.45, 2.75) is 157 Å². The van der Waals surface area contributed by atoms with Crippen molar-refractivity contribution < 1.29 is 41.9 Å². The first-order valence-corrected chi connectivity index (χ1v) is 24.0. The zero-order valence-corrected chi connectivity index (χ0v) is 35.9. The summed E-state index contributed by atoms with van der Waals surface area (Å²) in [4.78, 5) is 75.8. The van der Waals surface area contributed by atoms with Crippen molar-refractivity contribution in [3.05, 3.63) is 48.0 Å². The van der Waals surface area contributed by atoms with E-state index >= 15 is 0 Å². The van der Waals surface area contributed by atoms with E-state index in [2.05, 4.69) is 45.9 Å². The number of nitrogens with zero attached hydrogens (tertiary/aromatic N) is 3. The number of benzene rings is 1. The zero-order valence-electron chi connectivity index (χ0n) is 35.1. The van der Waals surface area contributed by atoms with Crippen molar-refractivity contribution in [3.8, 4) is 0 Å². The van der Waals surface area contributed by atoms with Crippen molar-refractivity contribution in [1.82, 2.24) is 30.1 Å². The fourth-order valence-corrected chi connectivity index (χ4v) is 11.0. The summed E-state index contributed by atoms with van der Waals surface area (Å²) in [6.07, 6.45) is 11.4. The fraction of sp³-hybridized carbons (Fsp3) is 0.705. The molecule has 3 saturated carbocycles. The number of alkyl carbamates (subject to hydrolysis) is 1. The Balaban J connectivity index is 1.12. The van der Waals surface area contributed by atoms with Gasteiger partial charge in [0.15, 0.2) is 0 Å². The third-order valence-electron chi connectivity index (χ3n) is 13.4. The van der Waals surface area contributed by atoms with Crippen LogP contribution in [0.25, 0.3) is 0 Å². The van der Waals surface area contributed by atoms with Crippen LogP contribution in [0.4, 0.5) is 9.59 Å². The molecule has 6 aliphatic rings. The molecular weight excluding hydrogens is 789 g/mol. The summed E-state index contributed by atoms with van der Waals surface area (Å²) >= 11 is 0. The van der Waals surface area contributed by atoms with Gasteiger partial charge in [-0.1, -0.05) is 69.4 Å². The summed E-state index contributed by atoms with van der Waals surface area (Å²) in [5.74, 6) is -2.58. The van der Waals surface area contributed by atoms with E-state index in [4.69, 9.17) is 9.47 Å². The first-order chi connectivity index (χ1) is 28.9. The van der Waals surface area contributed by atoms with Gasteiger partial charge in [0.1, 0.15) is 29.8 Å². The molecule has 7 rings (SSSR count). The highest BCUT2D eigenvalue weighted by Crippen LogP contribution is 2.45. The molecule has 6 atom stereocenters. The number of carbonyl (C=O) groups excluding carboxylic acids is 5. The zero-order chi connectivity index (χ0) is 42.4. The average Bonchev–Trinajstić information content (AvgIpc) is 4.12. The van der Waals surface area contributed by atoms with E-state index in [9.17, 15) is 32.4 Å². The molecule has 2 unspecified atom stereocenters. The third-order valence-corrected chi connectivity index (χ3v) is 15.2. The van der Waals surface area contributed by atoms with Crippen LogP contribution in [-0.4, -0.2) is 121 Å².